The molecule has 0 aromatic heterocycles. The first-order chi connectivity index (χ1) is 15.5. The SMILES string of the molecule is CCCN(C)CCOc1ccc(C2=C(c3ccc(O)cc3)CCc3ccc(O)cc32)cc1. The van der Waals surface area contributed by atoms with Crippen molar-refractivity contribution in [3.05, 3.63) is 89.0 Å². The maximum absolute atomic E-state index is 10.2. The minimum Gasteiger partial charge on any atom is -0.508 e. The Bertz CT molecular complexity index is 1080. The third-order valence-electron chi connectivity index (χ3n) is 6.01. The zero-order valence-electron chi connectivity index (χ0n) is 18.8. The van der Waals surface area contributed by atoms with E-state index < -0.39 is 0 Å². The van der Waals surface area contributed by atoms with Gasteiger partial charge in [0, 0.05) is 6.54 Å². The lowest BCUT2D eigenvalue weighted by Crippen LogP contribution is -2.24. The molecule has 0 unspecified atom stereocenters. The van der Waals surface area contributed by atoms with E-state index in [0.29, 0.717) is 6.61 Å². The highest BCUT2D eigenvalue weighted by atomic mass is 16.5. The predicted octanol–water partition coefficient (Wildman–Crippen LogP) is 5.72. The number of likely N-dealkylation sites (N-methyl/N-ethyl adjacent to an activating group) is 1. The summed E-state index contributed by atoms with van der Waals surface area (Å²) in [5.74, 6) is 1.39. The van der Waals surface area contributed by atoms with Crippen LogP contribution in [0.2, 0.25) is 0 Å². The van der Waals surface area contributed by atoms with Crippen LogP contribution in [0.4, 0.5) is 0 Å². The monoisotopic (exact) mass is 429 g/mol. The maximum atomic E-state index is 10.2. The van der Waals surface area contributed by atoms with Crippen molar-refractivity contribution in [3.8, 4) is 17.2 Å². The third-order valence-corrected chi connectivity index (χ3v) is 6.01. The van der Waals surface area contributed by atoms with E-state index in [0.717, 1.165) is 60.4 Å². The molecule has 0 aliphatic heterocycles. The molecule has 4 nitrogen and oxygen atoms in total. The lowest BCUT2D eigenvalue weighted by Gasteiger charge is -2.25. The summed E-state index contributed by atoms with van der Waals surface area (Å²) < 4.78 is 5.95. The highest BCUT2D eigenvalue weighted by Gasteiger charge is 2.22. The van der Waals surface area contributed by atoms with Gasteiger partial charge in [-0.05, 0) is 103 Å². The number of allylic oxidation sites excluding steroid dienone is 1. The van der Waals surface area contributed by atoms with Gasteiger partial charge >= 0.3 is 0 Å². The molecule has 2 N–H and O–H groups in total. The molecule has 0 radical (unpaired) electrons. The van der Waals surface area contributed by atoms with Crippen LogP contribution in [-0.2, 0) is 6.42 Å². The average Bonchev–Trinajstić information content (AvgIpc) is 2.79. The van der Waals surface area contributed by atoms with Crippen LogP contribution < -0.4 is 4.74 Å². The Hall–Kier alpha value is -3.24. The summed E-state index contributed by atoms with van der Waals surface area (Å²) in [5, 5.41) is 19.9. The number of hydrogen-bond acceptors (Lipinski definition) is 4. The molecule has 0 heterocycles. The zero-order valence-corrected chi connectivity index (χ0v) is 18.8. The van der Waals surface area contributed by atoms with Crippen LogP contribution >= 0.6 is 0 Å². The highest BCUT2D eigenvalue weighted by molar-refractivity contribution is 6.01. The molecule has 166 valence electrons. The van der Waals surface area contributed by atoms with Gasteiger partial charge < -0.3 is 19.8 Å². The average molecular weight is 430 g/mol. The molecule has 0 atom stereocenters. The van der Waals surface area contributed by atoms with Crippen molar-refractivity contribution in [1.29, 1.82) is 0 Å². The van der Waals surface area contributed by atoms with Crippen LogP contribution in [0.15, 0.2) is 66.7 Å². The van der Waals surface area contributed by atoms with Gasteiger partial charge in [0.05, 0.1) is 0 Å². The molecular formula is C28H31NO3. The van der Waals surface area contributed by atoms with E-state index >= 15 is 0 Å². The molecule has 3 aromatic rings. The first-order valence-corrected chi connectivity index (χ1v) is 11.3. The van der Waals surface area contributed by atoms with Gasteiger partial charge in [-0.1, -0.05) is 37.3 Å². The number of hydrogen-bond donors (Lipinski definition) is 2. The van der Waals surface area contributed by atoms with Crippen LogP contribution in [0.25, 0.3) is 11.1 Å². The van der Waals surface area contributed by atoms with Crippen molar-refractivity contribution in [1.82, 2.24) is 4.90 Å². The second kappa shape index (κ2) is 9.92. The Morgan fingerprint density at radius 3 is 2.22 bits per heavy atom. The predicted molar refractivity (Wildman–Crippen MR) is 130 cm³/mol. The van der Waals surface area contributed by atoms with Crippen molar-refractivity contribution in [3.63, 3.8) is 0 Å². The largest absolute Gasteiger partial charge is 0.508 e. The van der Waals surface area contributed by atoms with E-state index in [1.165, 1.54) is 11.1 Å². The van der Waals surface area contributed by atoms with Gasteiger partial charge in [0.1, 0.15) is 23.9 Å². The molecule has 1 aliphatic rings. The molecule has 0 amide bonds. The molecule has 0 spiro atoms. The quantitative estimate of drug-likeness (QED) is 0.481. The summed E-state index contributed by atoms with van der Waals surface area (Å²) in [5.41, 5.74) is 6.83. The van der Waals surface area contributed by atoms with Gasteiger partial charge in [-0.15, -0.1) is 0 Å². The molecule has 32 heavy (non-hydrogen) atoms. The van der Waals surface area contributed by atoms with Gasteiger partial charge in [-0.2, -0.15) is 0 Å². The van der Waals surface area contributed by atoms with Crippen LogP contribution in [-0.4, -0.2) is 41.9 Å². The molecule has 1 aliphatic carbocycles. The van der Waals surface area contributed by atoms with Crippen LogP contribution in [0.3, 0.4) is 0 Å². The molecule has 4 heteroatoms. The van der Waals surface area contributed by atoms with Crippen molar-refractivity contribution in [2.75, 3.05) is 26.7 Å². The topological polar surface area (TPSA) is 52.9 Å². The molecule has 0 saturated carbocycles. The van der Waals surface area contributed by atoms with Gasteiger partial charge in [0.25, 0.3) is 0 Å². The van der Waals surface area contributed by atoms with E-state index in [1.54, 1.807) is 18.2 Å². The smallest absolute Gasteiger partial charge is 0.119 e. The molecule has 0 fully saturated rings. The number of benzene rings is 3. The minimum absolute atomic E-state index is 0.260. The number of aryl methyl sites for hydroxylation is 1. The van der Waals surface area contributed by atoms with E-state index in [-0.39, 0.29) is 11.5 Å². The fourth-order valence-corrected chi connectivity index (χ4v) is 4.37. The van der Waals surface area contributed by atoms with Gasteiger partial charge in [0.2, 0.25) is 0 Å². The number of fused-ring (bicyclic) bond motifs is 1. The first-order valence-electron chi connectivity index (χ1n) is 11.3. The standard InChI is InChI=1S/C28H31NO3/c1-3-16-29(2)17-18-32-25-13-7-22(8-14-25)28-26(20-4-10-23(30)11-5-20)15-9-21-6-12-24(31)19-27(21)28/h4-8,10-14,19,30-31H,3,9,15-18H2,1-2H3. The van der Waals surface area contributed by atoms with Gasteiger partial charge in [-0.25, -0.2) is 0 Å². The summed E-state index contributed by atoms with van der Waals surface area (Å²) in [6.45, 7) is 4.81. The van der Waals surface area contributed by atoms with E-state index in [2.05, 4.69) is 31.0 Å². The summed E-state index contributed by atoms with van der Waals surface area (Å²) in [4.78, 5) is 2.27. The van der Waals surface area contributed by atoms with Crippen LogP contribution in [0, 0.1) is 0 Å². The Labute approximate surface area is 190 Å². The summed E-state index contributed by atoms with van der Waals surface area (Å²) >= 11 is 0. The van der Waals surface area contributed by atoms with Gasteiger partial charge in [-0.3, -0.25) is 0 Å². The minimum atomic E-state index is 0.260. The normalized spacial score (nSPS) is 13.3. The molecular weight excluding hydrogens is 398 g/mol. The lowest BCUT2D eigenvalue weighted by atomic mass is 9.79. The maximum Gasteiger partial charge on any atom is 0.119 e. The summed E-state index contributed by atoms with van der Waals surface area (Å²) in [6.07, 6.45) is 2.96. The number of phenols is 2. The van der Waals surface area contributed by atoms with Crippen LogP contribution in [0.5, 0.6) is 17.2 Å². The molecule has 0 saturated heterocycles. The summed E-state index contributed by atoms with van der Waals surface area (Å²) in [7, 11) is 2.11. The second-order valence-corrected chi connectivity index (χ2v) is 8.42. The van der Waals surface area contributed by atoms with Crippen molar-refractivity contribution < 1.29 is 14.9 Å². The fraction of sp³-hybridized carbons (Fsp3) is 0.286. The van der Waals surface area contributed by atoms with Crippen molar-refractivity contribution >= 4 is 11.1 Å². The number of nitrogens with zero attached hydrogens (tertiary/aromatic N) is 1. The first kappa shape index (κ1) is 22.0. The van der Waals surface area contributed by atoms with Crippen LogP contribution in [0.1, 0.15) is 42.0 Å². The lowest BCUT2D eigenvalue weighted by molar-refractivity contribution is 0.237. The van der Waals surface area contributed by atoms with E-state index in [4.69, 9.17) is 4.74 Å². The Morgan fingerprint density at radius 1 is 0.812 bits per heavy atom. The number of aromatic hydroxyl groups is 2. The zero-order chi connectivity index (χ0) is 22.5. The summed E-state index contributed by atoms with van der Waals surface area (Å²) in [6, 6.07) is 21.2. The number of ether oxygens (including phenoxy) is 1. The molecule has 3 aromatic carbocycles. The Kier molecular flexibility index (Phi) is 6.81. The third kappa shape index (κ3) is 4.97. The van der Waals surface area contributed by atoms with E-state index in [9.17, 15) is 10.2 Å². The number of phenolic OH excluding ortho intramolecular Hbond substituents is 2. The molecule has 0 bridgehead atoms. The fourth-order valence-electron chi connectivity index (χ4n) is 4.37. The van der Waals surface area contributed by atoms with E-state index in [1.807, 2.05) is 36.4 Å². The Balaban J connectivity index is 1.66. The molecule has 4 rings (SSSR count). The number of rotatable bonds is 8. The van der Waals surface area contributed by atoms with Crippen molar-refractivity contribution in [2.24, 2.45) is 0 Å². The Morgan fingerprint density at radius 2 is 1.50 bits per heavy atom. The van der Waals surface area contributed by atoms with Gasteiger partial charge in [0.15, 0.2) is 0 Å². The second-order valence-electron chi connectivity index (χ2n) is 8.42. The van der Waals surface area contributed by atoms with Crippen molar-refractivity contribution in [2.45, 2.75) is 26.2 Å². The highest BCUT2D eigenvalue weighted by Crippen LogP contribution is 2.42.